The number of pyridine rings is 1. The minimum atomic E-state index is -0.579. The molecule has 4 aliphatic heterocycles. The quantitative estimate of drug-likeness (QED) is 0.136. The van der Waals surface area contributed by atoms with Gasteiger partial charge in [-0.05, 0) is 77.0 Å². The van der Waals surface area contributed by atoms with E-state index in [4.69, 9.17) is 4.74 Å². The van der Waals surface area contributed by atoms with Crippen LogP contribution in [-0.4, -0.2) is 22.7 Å². The molecule has 4 aliphatic rings. The van der Waals surface area contributed by atoms with Crippen LogP contribution in [0.3, 0.4) is 0 Å². The van der Waals surface area contributed by atoms with Gasteiger partial charge in [0.15, 0.2) is 11.7 Å². The molecule has 2 atom stereocenters. The smallest absolute Gasteiger partial charge is 0.288 e. The van der Waals surface area contributed by atoms with Crippen LogP contribution in [0.5, 0.6) is 11.5 Å². The molecule has 6 heterocycles. The van der Waals surface area contributed by atoms with E-state index < -0.39 is 5.54 Å². The molecule has 8 aromatic rings. The van der Waals surface area contributed by atoms with Crippen LogP contribution >= 0.6 is 0 Å². The van der Waals surface area contributed by atoms with Gasteiger partial charge in [-0.25, -0.2) is 4.57 Å². The summed E-state index contributed by atoms with van der Waals surface area (Å²) < 4.78 is 11.9. The van der Waals surface area contributed by atoms with Crippen molar-refractivity contribution in [3.05, 3.63) is 156 Å². The summed E-state index contributed by atoms with van der Waals surface area (Å²) in [4.78, 5) is 5.16. The van der Waals surface area contributed by atoms with Crippen LogP contribution in [0.4, 0.5) is 5.69 Å². The number of anilines is 1. The Bertz CT molecular complexity index is 2830. The highest BCUT2D eigenvalue weighted by Crippen LogP contribution is 2.64. The van der Waals surface area contributed by atoms with Gasteiger partial charge in [-0.3, -0.25) is 0 Å². The Balaban J connectivity index is 1.23. The molecule has 0 bridgehead atoms. The van der Waals surface area contributed by atoms with E-state index in [-0.39, 0.29) is 6.17 Å². The zero-order valence-corrected chi connectivity index (χ0v) is 26.5. The minimum Gasteiger partial charge on any atom is -0.456 e. The highest BCUT2D eigenvalue weighted by atomic mass is 16.5. The second-order valence-corrected chi connectivity index (χ2v) is 13.6. The van der Waals surface area contributed by atoms with E-state index in [0.29, 0.717) is 0 Å². The first kappa shape index (κ1) is 25.1. The van der Waals surface area contributed by atoms with Gasteiger partial charge in [0.25, 0.3) is 5.82 Å². The van der Waals surface area contributed by atoms with Crippen molar-refractivity contribution in [3.63, 3.8) is 0 Å². The van der Waals surface area contributed by atoms with Crippen molar-refractivity contribution in [1.29, 1.82) is 0 Å². The molecule has 2 aromatic heterocycles. The number of rotatable bonds is 1. The molecule has 0 amide bonds. The molecule has 5 heteroatoms. The molecule has 0 radical (unpaired) electrons. The fourth-order valence-corrected chi connectivity index (χ4v) is 9.96. The third-order valence-electron chi connectivity index (χ3n) is 11.6. The summed E-state index contributed by atoms with van der Waals surface area (Å²) >= 11 is 0. The van der Waals surface area contributed by atoms with Crippen LogP contribution in [0.25, 0.3) is 54.9 Å². The van der Waals surface area contributed by atoms with Crippen LogP contribution in [0.2, 0.25) is 0 Å². The van der Waals surface area contributed by atoms with E-state index in [1.165, 1.54) is 77.1 Å². The van der Waals surface area contributed by atoms with Crippen LogP contribution in [0, 0.1) is 0 Å². The van der Waals surface area contributed by atoms with Crippen molar-refractivity contribution >= 4 is 54.7 Å². The van der Waals surface area contributed by atoms with Crippen molar-refractivity contribution < 1.29 is 9.30 Å². The van der Waals surface area contributed by atoms with Crippen molar-refractivity contribution in [1.82, 2.24) is 9.47 Å². The summed E-state index contributed by atoms with van der Waals surface area (Å²) in [6.07, 6.45) is 2.22. The van der Waals surface area contributed by atoms with Crippen LogP contribution < -0.4 is 14.2 Å². The number of hydrogen-bond acceptors (Lipinski definition) is 3. The molecule has 0 aliphatic carbocycles. The molecule has 0 saturated carbocycles. The number of allylic oxidation sites excluding steroid dienone is 1. The predicted octanol–water partition coefficient (Wildman–Crippen LogP) is 9.07. The lowest BCUT2D eigenvalue weighted by Crippen LogP contribution is -2.70. The number of likely N-dealkylation sites (N-methyl/N-ethyl adjacent to an activating group) is 1. The van der Waals surface area contributed by atoms with Crippen molar-refractivity contribution in [2.24, 2.45) is 0 Å². The Morgan fingerprint density at radius 2 is 1.42 bits per heavy atom. The summed E-state index contributed by atoms with van der Waals surface area (Å²) in [6.45, 7) is 2.31. The largest absolute Gasteiger partial charge is 0.456 e. The number of aromatic nitrogens is 2. The lowest BCUT2D eigenvalue weighted by Gasteiger charge is -2.43. The maximum Gasteiger partial charge on any atom is 0.288 e. The topological polar surface area (TPSA) is 24.5 Å². The first-order chi connectivity index (χ1) is 23.7. The molecule has 48 heavy (non-hydrogen) atoms. The molecule has 6 aromatic carbocycles. The normalized spacial score (nSPS) is 19.8. The number of hydrogen-bond donors (Lipinski definition) is 0. The van der Waals surface area contributed by atoms with Gasteiger partial charge in [-0.2, -0.15) is 4.57 Å². The summed E-state index contributed by atoms with van der Waals surface area (Å²) in [5.74, 6) is 3.02. The highest BCUT2D eigenvalue weighted by Gasteiger charge is 2.69. The Labute approximate surface area is 276 Å². The third-order valence-corrected chi connectivity index (χ3v) is 11.6. The molecule has 2 unspecified atom stereocenters. The Hall–Kier alpha value is -6.07. The molecule has 0 N–H and O–H groups in total. The van der Waals surface area contributed by atoms with Crippen LogP contribution in [0.15, 0.2) is 139 Å². The van der Waals surface area contributed by atoms with Gasteiger partial charge in [0.1, 0.15) is 17.0 Å². The Morgan fingerprint density at radius 3 is 2.31 bits per heavy atom. The zero-order valence-electron chi connectivity index (χ0n) is 26.5. The van der Waals surface area contributed by atoms with E-state index in [0.717, 1.165) is 17.3 Å². The van der Waals surface area contributed by atoms with Gasteiger partial charge < -0.3 is 14.5 Å². The molecule has 12 rings (SSSR count). The highest BCUT2D eigenvalue weighted by molar-refractivity contribution is 6.13. The predicted molar refractivity (Wildman–Crippen MR) is 192 cm³/mol. The van der Waals surface area contributed by atoms with Gasteiger partial charge >= 0.3 is 0 Å². The number of fused-ring (bicyclic) bond motifs is 10. The van der Waals surface area contributed by atoms with Crippen LogP contribution in [0.1, 0.15) is 23.6 Å². The van der Waals surface area contributed by atoms with Gasteiger partial charge in [0, 0.05) is 35.1 Å². The molecular formula is C43H29N4O+. The molecule has 5 nitrogen and oxygen atoms in total. The number of nitrogens with zero attached hydrogens (tertiary/aromatic N) is 4. The SMILES string of the molecule is CC1=C(c2cc3ccccc3c3ccccc23)N(C)C2N1c1cccc3c1C21c2c(ccc4c5ccccc5n(c24)-c2cccc[n+]21)O3. The van der Waals surface area contributed by atoms with E-state index in [1.807, 2.05) is 0 Å². The van der Waals surface area contributed by atoms with Gasteiger partial charge in [-0.15, -0.1) is 0 Å². The molecular weight excluding hydrogens is 589 g/mol. The number of para-hydroxylation sites is 1. The van der Waals surface area contributed by atoms with E-state index in [1.54, 1.807) is 0 Å². The monoisotopic (exact) mass is 617 g/mol. The second-order valence-electron chi connectivity index (χ2n) is 13.6. The third kappa shape index (κ3) is 2.59. The maximum atomic E-state index is 6.91. The summed E-state index contributed by atoms with van der Waals surface area (Å²) in [7, 11) is 2.30. The Morgan fingerprint density at radius 1 is 0.667 bits per heavy atom. The van der Waals surface area contributed by atoms with E-state index >= 15 is 0 Å². The fourth-order valence-electron chi connectivity index (χ4n) is 9.96. The summed E-state index contributed by atoms with van der Waals surface area (Å²) in [5.41, 5.74) is 9.31. The molecule has 0 fully saturated rings. The van der Waals surface area contributed by atoms with Crippen LogP contribution in [-0.2, 0) is 5.54 Å². The summed E-state index contributed by atoms with van der Waals surface area (Å²) in [6, 6.07) is 46.6. The van der Waals surface area contributed by atoms with E-state index in [2.05, 4.69) is 166 Å². The van der Waals surface area contributed by atoms with Gasteiger partial charge in [0.05, 0.1) is 28.7 Å². The number of benzene rings is 6. The first-order valence-corrected chi connectivity index (χ1v) is 16.7. The van der Waals surface area contributed by atoms with E-state index in [9.17, 15) is 0 Å². The second kappa shape index (κ2) is 8.25. The first-order valence-electron chi connectivity index (χ1n) is 16.7. The lowest BCUT2D eigenvalue weighted by molar-refractivity contribution is -0.743. The molecule has 0 saturated heterocycles. The average Bonchev–Trinajstić information content (AvgIpc) is 3.73. The summed E-state index contributed by atoms with van der Waals surface area (Å²) in [5, 5.41) is 7.62. The Kier molecular flexibility index (Phi) is 4.31. The lowest BCUT2D eigenvalue weighted by atomic mass is 9.76. The zero-order chi connectivity index (χ0) is 31.5. The maximum absolute atomic E-state index is 6.91. The minimum absolute atomic E-state index is 0.0694. The van der Waals surface area contributed by atoms with Gasteiger partial charge in [0.2, 0.25) is 5.54 Å². The molecule has 1 spiro atoms. The molecule has 226 valence electrons. The van der Waals surface area contributed by atoms with Crippen molar-refractivity contribution in [3.8, 4) is 17.3 Å². The van der Waals surface area contributed by atoms with Crippen molar-refractivity contribution in [2.45, 2.75) is 18.6 Å². The standard InChI is InChI=1S/C43H29N4O/c1-25-40(32-24-26-12-3-4-13-27(26)28-14-5-6-15-29(28)32)44(2)42-43-38-34(46(25)42)18-11-19-35(38)48-36-22-21-31-30-16-7-8-17-33(30)47(41(31)39(36)43)37-20-9-10-23-45(37)43/h3-24,42H,1-2H3/q+1. The number of ether oxygens (including phenoxy) is 1. The van der Waals surface area contributed by atoms with Gasteiger partial charge in [-0.1, -0.05) is 72.8 Å². The fraction of sp³-hybridized carbons (Fsp3) is 0.0930. The average molecular weight is 618 g/mol. The van der Waals surface area contributed by atoms with Crippen molar-refractivity contribution in [2.75, 3.05) is 11.9 Å².